The van der Waals surface area contributed by atoms with Gasteiger partial charge in [-0.15, -0.1) is 0 Å². The Morgan fingerprint density at radius 2 is 2.11 bits per heavy atom. The van der Waals surface area contributed by atoms with Crippen molar-refractivity contribution in [2.45, 2.75) is 38.5 Å². The summed E-state index contributed by atoms with van der Waals surface area (Å²) in [6.45, 7) is 1.82. The second-order valence-electron chi connectivity index (χ2n) is 6.59. The Hall–Kier alpha value is -2.80. The van der Waals surface area contributed by atoms with Crippen LogP contribution < -0.4 is 19.5 Å². The fourth-order valence-electron chi connectivity index (χ4n) is 3.11. The number of nitrogens with one attached hydrogen (secondary N) is 1. The Morgan fingerprint density at radius 1 is 1.19 bits per heavy atom. The monoisotopic (exact) mass is 370 g/mol. The van der Waals surface area contributed by atoms with Gasteiger partial charge in [0.05, 0.1) is 12.5 Å². The van der Waals surface area contributed by atoms with Crippen molar-refractivity contribution in [2.75, 3.05) is 13.4 Å². The van der Waals surface area contributed by atoms with Crippen molar-refractivity contribution in [3.05, 3.63) is 47.7 Å². The van der Waals surface area contributed by atoms with Crippen molar-refractivity contribution in [1.82, 2.24) is 10.3 Å². The minimum Gasteiger partial charge on any atom is -0.473 e. The molecule has 142 valence electrons. The van der Waals surface area contributed by atoms with E-state index in [-0.39, 0.29) is 18.8 Å². The third kappa shape index (κ3) is 4.68. The third-order valence-corrected chi connectivity index (χ3v) is 4.55. The molecule has 1 atom stereocenters. The largest absolute Gasteiger partial charge is 0.473 e. The average molecular weight is 370 g/mol. The summed E-state index contributed by atoms with van der Waals surface area (Å²) in [6.07, 6.45) is 4.14. The van der Waals surface area contributed by atoms with Gasteiger partial charge in [0.2, 0.25) is 18.6 Å². The molecule has 0 spiro atoms. The number of fused-ring (bicyclic) bond motifs is 1. The lowest BCUT2D eigenvalue weighted by Gasteiger charge is -2.11. The molecule has 27 heavy (non-hydrogen) atoms. The summed E-state index contributed by atoms with van der Waals surface area (Å²) < 4.78 is 21.9. The lowest BCUT2D eigenvalue weighted by atomic mass is 10.1. The second kappa shape index (κ2) is 8.26. The maximum Gasteiger partial charge on any atom is 0.231 e. The molecule has 0 radical (unpaired) electrons. The molecule has 0 bridgehead atoms. The first-order valence-corrected chi connectivity index (χ1v) is 9.11. The number of rotatable bonds is 7. The van der Waals surface area contributed by atoms with Gasteiger partial charge in [0, 0.05) is 25.4 Å². The number of carbonyl (C=O) groups excluding carboxylic acids is 1. The van der Waals surface area contributed by atoms with Crippen LogP contribution in [-0.2, 0) is 22.7 Å². The Labute approximate surface area is 157 Å². The molecule has 1 N–H and O–H groups in total. The lowest BCUT2D eigenvalue weighted by molar-refractivity contribution is -0.123. The molecule has 2 aliphatic heterocycles. The van der Waals surface area contributed by atoms with E-state index in [1.54, 1.807) is 6.20 Å². The van der Waals surface area contributed by atoms with Crippen LogP contribution in [0.3, 0.4) is 0 Å². The van der Waals surface area contributed by atoms with E-state index in [2.05, 4.69) is 10.3 Å². The van der Waals surface area contributed by atoms with Crippen molar-refractivity contribution in [1.29, 1.82) is 0 Å². The number of hydrogen-bond donors (Lipinski definition) is 1. The van der Waals surface area contributed by atoms with Crippen molar-refractivity contribution in [3.8, 4) is 17.4 Å². The fraction of sp³-hybridized carbons (Fsp3) is 0.400. The number of hydrogen-bond acceptors (Lipinski definition) is 6. The molecule has 7 nitrogen and oxygen atoms in total. The molecule has 1 amide bonds. The summed E-state index contributed by atoms with van der Waals surface area (Å²) in [5.41, 5.74) is 1.91. The maximum atomic E-state index is 12.0. The number of nitrogens with zero attached hydrogens (tertiary/aromatic N) is 1. The normalized spacial score (nSPS) is 17.7. The Balaban J connectivity index is 1.27. The van der Waals surface area contributed by atoms with Crippen LogP contribution in [0.25, 0.3) is 0 Å². The van der Waals surface area contributed by atoms with Crippen molar-refractivity contribution < 1.29 is 23.7 Å². The number of pyridine rings is 1. The fourth-order valence-corrected chi connectivity index (χ4v) is 3.11. The first kappa shape index (κ1) is 17.6. The Kier molecular flexibility index (Phi) is 5.39. The van der Waals surface area contributed by atoms with Crippen LogP contribution in [-0.4, -0.2) is 30.4 Å². The molecule has 2 aliphatic rings. The zero-order valence-corrected chi connectivity index (χ0v) is 15.0. The van der Waals surface area contributed by atoms with Gasteiger partial charge < -0.3 is 24.3 Å². The van der Waals surface area contributed by atoms with Crippen LogP contribution >= 0.6 is 0 Å². The summed E-state index contributed by atoms with van der Waals surface area (Å²) in [4.78, 5) is 16.2. The second-order valence-corrected chi connectivity index (χ2v) is 6.59. The van der Waals surface area contributed by atoms with Gasteiger partial charge in [0.15, 0.2) is 11.5 Å². The topological polar surface area (TPSA) is 78.9 Å². The smallest absolute Gasteiger partial charge is 0.231 e. The summed E-state index contributed by atoms with van der Waals surface area (Å²) in [7, 11) is 0. The number of amides is 1. The van der Waals surface area contributed by atoms with E-state index in [1.807, 2.05) is 30.3 Å². The highest BCUT2D eigenvalue weighted by atomic mass is 16.7. The van der Waals surface area contributed by atoms with Gasteiger partial charge in [-0.25, -0.2) is 4.98 Å². The Morgan fingerprint density at radius 3 is 3.00 bits per heavy atom. The standard InChI is InChI=1S/C20H22N2O5/c23-19(10-16-2-1-7-24-16)22-11-14-5-6-21-20(9-14)25-12-15-3-4-17-18(8-15)27-13-26-17/h3-6,8-9,16H,1-2,7,10-13H2,(H,22,23). The van der Waals surface area contributed by atoms with E-state index < -0.39 is 0 Å². The molecule has 1 saturated heterocycles. The molecular formula is C20H22N2O5. The first-order chi connectivity index (χ1) is 13.3. The van der Waals surface area contributed by atoms with Gasteiger partial charge in [-0.05, 0) is 42.2 Å². The van der Waals surface area contributed by atoms with Gasteiger partial charge in [-0.3, -0.25) is 4.79 Å². The number of ether oxygens (including phenoxy) is 4. The summed E-state index contributed by atoms with van der Waals surface area (Å²) in [5, 5.41) is 2.92. The molecule has 0 aliphatic carbocycles. The number of benzene rings is 1. The van der Waals surface area contributed by atoms with Crippen LogP contribution in [0.1, 0.15) is 30.4 Å². The lowest BCUT2D eigenvalue weighted by Crippen LogP contribution is -2.26. The molecular weight excluding hydrogens is 348 g/mol. The van der Waals surface area contributed by atoms with Gasteiger partial charge in [0.25, 0.3) is 0 Å². The highest BCUT2D eigenvalue weighted by Crippen LogP contribution is 2.32. The average Bonchev–Trinajstić information content (AvgIpc) is 3.36. The summed E-state index contributed by atoms with van der Waals surface area (Å²) in [5.74, 6) is 1.99. The summed E-state index contributed by atoms with van der Waals surface area (Å²) >= 11 is 0. The van der Waals surface area contributed by atoms with Crippen LogP contribution in [0.5, 0.6) is 17.4 Å². The van der Waals surface area contributed by atoms with E-state index in [0.29, 0.717) is 25.5 Å². The van der Waals surface area contributed by atoms with E-state index in [4.69, 9.17) is 18.9 Å². The molecule has 2 aromatic rings. The SMILES string of the molecule is O=C(CC1CCCO1)NCc1ccnc(OCc2ccc3c(c2)OCO3)c1. The van der Waals surface area contributed by atoms with Gasteiger partial charge in [0.1, 0.15) is 6.61 Å². The van der Waals surface area contributed by atoms with Crippen LogP contribution in [0.15, 0.2) is 36.5 Å². The molecule has 1 fully saturated rings. The van der Waals surface area contributed by atoms with E-state index in [9.17, 15) is 4.79 Å². The molecule has 1 unspecified atom stereocenters. The quantitative estimate of drug-likeness (QED) is 0.807. The van der Waals surface area contributed by atoms with Crippen LogP contribution in [0.2, 0.25) is 0 Å². The Bertz CT molecular complexity index is 805. The van der Waals surface area contributed by atoms with Crippen molar-refractivity contribution in [2.24, 2.45) is 0 Å². The van der Waals surface area contributed by atoms with E-state index in [0.717, 1.165) is 42.1 Å². The van der Waals surface area contributed by atoms with Gasteiger partial charge in [-0.1, -0.05) is 6.07 Å². The molecule has 3 heterocycles. The van der Waals surface area contributed by atoms with Gasteiger partial charge >= 0.3 is 0 Å². The maximum absolute atomic E-state index is 12.0. The third-order valence-electron chi connectivity index (χ3n) is 4.55. The zero-order chi connectivity index (χ0) is 18.5. The van der Waals surface area contributed by atoms with Crippen molar-refractivity contribution in [3.63, 3.8) is 0 Å². The molecule has 7 heteroatoms. The molecule has 0 saturated carbocycles. The first-order valence-electron chi connectivity index (χ1n) is 9.11. The highest BCUT2D eigenvalue weighted by Gasteiger charge is 2.18. The minimum absolute atomic E-state index is 0.00143. The molecule has 1 aromatic heterocycles. The van der Waals surface area contributed by atoms with Crippen LogP contribution in [0.4, 0.5) is 0 Å². The zero-order valence-electron chi connectivity index (χ0n) is 15.0. The van der Waals surface area contributed by atoms with Crippen molar-refractivity contribution >= 4 is 5.91 Å². The number of aromatic nitrogens is 1. The number of carbonyl (C=O) groups is 1. The predicted molar refractivity (Wildman–Crippen MR) is 96.6 cm³/mol. The molecule has 4 rings (SSSR count). The highest BCUT2D eigenvalue weighted by molar-refractivity contribution is 5.76. The van der Waals surface area contributed by atoms with E-state index >= 15 is 0 Å². The predicted octanol–water partition coefficient (Wildman–Crippen LogP) is 2.57. The minimum atomic E-state index is 0.00143. The van der Waals surface area contributed by atoms with Gasteiger partial charge in [-0.2, -0.15) is 0 Å². The molecule has 1 aromatic carbocycles. The van der Waals surface area contributed by atoms with E-state index in [1.165, 1.54) is 0 Å². The summed E-state index contributed by atoms with van der Waals surface area (Å²) in [6, 6.07) is 9.40. The van der Waals surface area contributed by atoms with Crippen LogP contribution in [0, 0.1) is 0 Å².